The van der Waals surface area contributed by atoms with Crippen LogP contribution in [-0.4, -0.2) is 25.0 Å². The Labute approximate surface area is 94.2 Å². The zero-order chi connectivity index (χ0) is 11.3. The lowest BCUT2D eigenvalue weighted by molar-refractivity contribution is 0.100. The summed E-state index contributed by atoms with van der Waals surface area (Å²) >= 11 is 0. The quantitative estimate of drug-likeness (QED) is 0.742. The van der Waals surface area contributed by atoms with Crippen LogP contribution in [0.1, 0.15) is 10.4 Å². The maximum Gasteiger partial charge on any atom is 0.248 e. The molecule has 1 amide bonds. The van der Waals surface area contributed by atoms with Gasteiger partial charge in [-0.05, 0) is 36.1 Å². The van der Waals surface area contributed by atoms with Gasteiger partial charge in [0, 0.05) is 30.4 Å². The molecule has 0 aromatic heterocycles. The van der Waals surface area contributed by atoms with Gasteiger partial charge in [-0.25, -0.2) is 0 Å². The van der Waals surface area contributed by atoms with Crippen molar-refractivity contribution in [2.24, 2.45) is 23.3 Å². The van der Waals surface area contributed by atoms with E-state index >= 15 is 0 Å². The Hall–Kier alpha value is -1.55. The zero-order valence-electron chi connectivity index (χ0n) is 8.97. The number of nitrogens with zero attached hydrogens (tertiary/aromatic N) is 1. The van der Waals surface area contributed by atoms with Gasteiger partial charge in [-0.1, -0.05) is 0 Å². The Bertz CT molecular complexity index is 416. The minimum absolute atomic E-state index is 0.377. The molecule has 2 unspecified atom stereocenters. The molecular weight excluding hydrogens is 202 g/mol. The van der Waals surface area contributed by atoms with Gasteiger partial charge in [0.2, 0.25) is 5.91 Å². The highest BCUT2D eigenvalue weighted by atomic mass is 16.1. The Morgan fingerprint density at radius 2 is 1.75 bits per heavy atom. The molecule has 16 heavy (non-hydrogen) atoms. The molecule has 84 valence electrons. The summed E-state index contributed by atoms with van der Waals surface area (Å²) in [7, 11) is 0. The van der Waals surface area contributed by atoms with E-state index in [1.54, 1.807) is 12.1 Å². The Morgan fingerprint density at radius 3 is 2.25 bits per heavy atom. The standard InChI is InChI=1S/C12H15N3O/c13-11-9-5-15(6-10(9)11)8-3-1-7(2-4-8)12(14)16/h1-4,9-11H,5-6,13H2,(H2,14,16). The first-order chi connectivity index (χ1) is 7.66. The van der Waals surface area contributed by atoms with E-state index in [0.29, 0.717) is 23.4 Å². The molecular formula is C12H15N3O. The van der Waals surface area contributed by atoms with Crippen LogP contribution in [0.5, 0.6) is 0 Å². The third-order valence-corrected chi connectivity index (χ3v) is 3.78. The number of piperidine rings is 1. The topological polar surface area (TPSA) is 72.4 Å². The van der Waals surface area contributed by atoms with Crippen LogP contribution in [0.2, 0.25) is 0 Å². The first-order valence-electron chi connectivity index (χ1n) is 5.57. The van der Waals surface area contributed by atoms with Crippen LogP contribution >= 0.6 is 0 Å². The smallest absolute Gasteiger partial charge is 0.248 e. The highest BCUT2D eigenvalue weighted by Gasteiger charge is 2.53. The first kappa shape index (κ1) is 9.66. The fourth-order valence-corrected chi connectivity index (χ4v) is 2.62. The van der Waals surface area contributed by atoms with E-state index in [1.807, 2.05) is 12.1 Å². The van der Waals surface area contributed by atoms with Crippen molar-refractivity contribution in [3.63, 3.8) is 0 Å². The minimum Gasteiger partial charge on any atom is -0.371 e. The normalized spacial score (nSPS) is 31.3. The molecule has 1 saturated carbocycles. The second-order valence-corrected chi connectivity index (χ2v) is 4.72. The Balaban J connectivity index is 1.74. The number of carbonyl (C=O) groups is 1. The average molecular weight is 217 g/mol. The minimum atomic E-state index is -0.377. The number of primary amides is 1. The van der Waals surface area contributed by atoms with E-state index < -0.39 is 0 Å². The molecule has 1 saturated heterocycles. The molecule has 1 aliphatic carbocycles. The molecule has 1 aliphatic heterocycles. The second kappa shape index (κ2) is 3.22. The lowest BCUT2D eigenvalue weighted by Crippen LogP contribution is -2.27. The van der Waals surface area contributed by atoms with Gasteiger partial charge in [-0.15, -0.1) is 0 Å². The Morgan fingerprint density at radius 1 is 1.19 bits per heavy atom. The number of carbonyl (C=O) groups excluding carboxylic acids is 1. The molecule has 2 aliphatic rings. The fourth-order valence-electron chi connectivity index (χ4n) is 2.62. The van der Waals surface area contributed by atoms with Crippen LogP contribution < -0.4 is 16.4 Å². The molecule has 4 nitrogen and oxygen atoms in total. The summed E-state index contributed by atoms with van der Waals surface area (Å²) in [4.78, 5) is 13.3. The molecule has 0 radical (unpaired) electrons. The molecule has 2 atom stereocenters. The van der Waals surface area contributed by atoms with Crippen LogP contribution in [0.4, 0.5) is 5.69 Å². The van der Waals surface area contributed by atoms with Crippen molar-refractivity contribution < 1.29 is 4.79 Å². The van der Waals surface area contributed by atoms with Crippen LogP contribution in [0.15, 0.2) is 24.3 Å². The summed E-state index contributed by atoms with van der Waals surface area (Å²) in [6, 6.07) is 7.89. The molecule has 1 heterocycles. The van der Waals surface area contributed by atoms with Crippen molar-refractivity contribution in [2.75, 3.05) is 18.0 Å². The molecule has 3 rings (SSSR count). The van der Waals surface area contributed by atoms with Crippen molar-refractivity contribution in [1.82, 2.24) is 0 Å². The molecule has 0 bridgehead atoms. The van der Waals surface area contributed by atoms with E-state index in [-0.39, 0.29) is 5.91 Å². The van der Waals surface area contributed by atoms with Crippen molar-refractivity contribution in [1.29, 1.82) is 0 Å². The van der Waals surface area contributed by atoms with Gasteiger partial charge in [0.1, 0.15) is 0 Å². The summed E-state index contributed by atoms with van der Waals surface area (Å²) in [6.45, 7) is 2.09. The SMILES string of the molecule is NC(=O)c1ccc(N2CC3C(N)C3C2)cc1. The fraction of sp³-hybridized carbons (Fsp3) is 0.417. The molecule has 1 aromatic rings. The van der Waals surface area contributed by atoms with Crippen LogP contribution in [0, 0.1) is 11.8 Å². The number of benzene rings is 1. The van der Waals surface area contributed by atoms with Gasteiger partial charge in [0.15, 0.2) is 0 Å². The summed E-state index contributed by atoms with van der Waals surface area (Å²) in [6.07, 6.45) is 0. The van der Waals surface area contributed by atoms with Gasteiger partial charge in [-0.2, -0.15) is 0 Å². The number of hydrogen-bond acceptors (Lipinski definition) is 3. The third kappa shape index (κ3) is 1.38. The van der Waals surface area contributed by atoms with E-state index in [4.69, 9.17) is 11.5 Å². The number of anilines is 1. The number of hydrogen-bond donors (Lipinski definition) is 2. The average Bonchev–Trinajstić information content (AvgIpc) is 2.75. The van der Waals surface area contributed by atoms with Crippen LogP contribution in [0.25, 0.3) is 0 Å². The van der Waals surface area contributed by atoms with Gasteiger partial charge >= 0.3 is 0 Å². The van der Waals surface area contributed by atoms with Gasteiger partial charge in [0.05, 0.1) is 0 Å². The summed E-state index contributed by atoms with van der Waals surface area (Å²) in [5.41, 5.74) is 12.8. The Kier molecular flexibility index (Phi) is 1.94. The number of nitrogens with two attached hydrogens (primary N) is 2. The van der Waals surface area contributed by atoms with Gasteiger partial charge < -0.3 is 16.4 Å². The first-order valence-corrected chi connectivity index (χ1v) is 5.57. The molecule has 4 heteroatoms. The predicted molar refractivity (Wildman–Crippen MR) is 62.1 cm³/mol. The van der Waals surface area contributed by atoms with E-state index in [1.165, 1.54) is 0 Å². The van der Waals surface area contributed by atoms with Crippen LogP contribution in [0.3, 0.4) is 0 Å². The summed E-state index contributed by atoms with van der Waals surface area (Å²) < 4.78 is 0. The molecule has 1 aromatic carbocycles. The van der Waals surface area contributed by atoms with Crippen molar-refractivity contribution >= 4 is 11.6 Å². The van der Waals surface area contributed by atoms with Crippen molar-refractivity contribution in [3.8, 4) is 0 Å². The second-order valence-electron chi connectivity index (χ2n) is 4.72. The molecule has 2 fully saturated rings. The lowest BCUT2D eigenvalue weighted by atomic mass is 10.2. The highest BCUT2D eigenvalue weighted by Crippen LogP contribution is 2.45. The van der Waals surface area contributed by atoms with Crippen molar-refractivity contribution in [3.05, 3.63) is 29.8 Å². The van der Waals surface area contributed by atoms with E-state index in [9.17, 15) is 4.79 Å². The highest BCUT2D eigenvalue weighted by molar-refractivity contribution is 5.93. The number of amides is 1. The summed E-state index contributed by atoms with van der Waals surface area (Å²) in [5.74, 6) is 0.976. The molecule has 0 spiro atoms. The maximum absolute atomic E-state index is 10.9. The summed E-state index contributed by atoms with van der Waals surface area (Å²) in [5, 5.41) is 0. The maximum atomic E-state index is 10.9. The van der Waals surface area contributed by atoms with Crippen molar-refractivity contribution in [2.45, 2.75) is 6.04 Å². The van der Waals surface area contributed by atoms with E-state index in [2.05, 4.69) is 4.90 Å². The van der Waals surface area contributed by atoms with E-state index in [0.717, 1.165) is 18.8 Å². The monoisotopic (exact) mass is 217 g/mol. The zero-order valence-corrected chi connectivity index (χ0v) is 8.97. The third-order valence-electron chi connectivity index (χ3n) is 3.78. The number of fused-ring (bicyclic) bond motifs is 1. The van der Waals surface area contributed by atoms with Gasteiger partial charge in [0.25, 0.3) is 0 Å². The molecule has 4 N–H and O–H groups in total. The largest absolute Gasteiger partial charge is 0.371 e. The number of rotatable bonds is 2. The van der Waals surface area contributed by atoms with Crippen LogP contribution in [-0.2, 0) is 0 Å². The van der Waals surface area contributed by atoms with Gasteiger partial charge in [-0.3, -0.25) is 4.79 Å². The predicted octanol–water partition coefficient (Wildman–Crippen LogP) is 0.179. The lowest BCUT2D eigenvalue weighted by Gasteiger charge is -2.21.